The molecule has 2 heterocycles. The SMILES string of the molecule is CC(C)(C)OC(=O)[C@H](CCC(=O)NCCOCCOCCOCCN=[N+]=[N-])NC(=O)c1ccc(NCc2cnc3nc(N)[nH]c(=O)c3n2)cc1. The number of nitrogens with one attached hydrogen (secondary N) is 4. The number of carbonyl (C=O) groups excluding carboxylic acids is 3. The van der Waals surface area contributed by atoms with Crippen molar-refractivity contribution in [2.45, 2.75) is 51.8 Å². The summed E-state index contributed by atoms with van der Waals surface area (Å²) in [6.07, 6.45) is 1.46. The van der Waals surface area contributed by atoms with E-state index in [0.29, 0.717) is 44.4 Å². The molecule has 0 aliphatic heterocycles. The average Bonchev–Trinajstić information content (AvgIpc) is 3.07. The van der Waals surface area contributed by atoms with E-state index in [1.165, 1.54) is 6.20 Å². The average molecular weight is 698 g/mol. The molecule has 0 saturated carbocycles. The van der Waals surface area contributed by atoms with Gasteiger partial charge in [0.05, 0.1) is 58.1 Å². The number of hydrogen-bond donors (Lipinski definition) is 5. The molecule has 0 aliphatic rings. The normalized spacial score (nSPS) is 11.7. The first-order chi connectivity index (χ1) is 23.9. The lowest BCUT2D eigenvalue weighted by atomic mass is 10.1. The van der Waals surface area contributed by atoms with Gasteiger partial charge in [0, 0.05) is 35.7 Å². The number of fused-ring (bicyclic) bond motifs is 1. The quantitative estimate of drug-likeness (QED) is 0.0348. The number of nitrogens with two attached hydrogens (primary N) is 1. The number of hydrogen-bond acceptors (Lipinski definition) is 14. The molecule has 1 aromatic carbocycles. The van der Waals surface area contributed by atoms with E-state index in [4.69, 9.17) is 30.2 Å². The topological polar surface area (TPSA) is 271 Å². The highest BCUT2D eigenvalue weighted by atomic mass is 16.6. The van der Waals surface area contributed by atoms with E-state index in [1.807, 2.05) is 0 Å². The lowest BCUT2D eigenvalue weighted by Crippen LogP contribution is -2.45. The zero-order chi connectivity index (χ0) is 36.4. The second-order valence-corrected chi connectivity index (χ2v) is 11.7. The molecule has 0 unspecified atom stereocenters. The first-order valence-electron chi connectivity index (χ1n) is 15.8. The highest BCUT2D eigenvalue weighted by Gasteiger charge is 2.27. The number of aromatic nitrogens is 4. The maximum Gasteiger partial charge on any atom is 0.329 e. The number of H-pyrrole nitrogens is 1. The molecule has 0 bridgehead atoms. The monoisotopic (exact) mass is 697 g/mol. The van der Waals surface area contributed by atoms with Gasteiger partial charge in [-0.15, -0.1) is 0 Å². The minimum absolute atomic E-state index is 0.0174. The lowest BCUT2D eigenvalue weighted by molar-refractivity contribution is -0.157. The van der Waals surface area contributed by atoms with Crippen molar-refractivity contribution in [2.24, 2.45) is 5.11 Å². The van der Waals surface area contributed by atoms with Gasteiger partial charge in [-0.05, 0) is 57.0 Å². The molecule has 2 amide bonds. The van der Waals surface area contributed by atoms with E-state index in [-0.39, 0.29) is 67.7 Å². The summed E-state index contributed by atoms with van der Waals surface area (Å²) in [6, 6.07) is 5.43. The van der Waals surface area contributed by atoms with Crippen LogP contribution in [0.15, 0.2) is 40.4 Å². The molecule has 6 N–H and O–H groups in total. The third kappa shape index (κ3) is 14.4. The van der Waals surface area contributed by atoms with E-state index < -0.39 is 29.1 Å². The summed E-state index contributed by atoms with van der Waals surface area (Å²) in [6.45, 7) is 7.90. The molecular formula is C31H43N11O8. The van der Waals surface area contributed by atoms with Gasteiger partial charge in [0.1, 0.15) is 11.6 Å². The Morgan fingerprint density at radius 3 is 2.38 bits per heavy atom. The fourth-order valence-electron chi connectivity index (χ4n) is 4.17. The summed E-state index contributed by atoms with van der Waals surface area (Å²) in [7, 11) is 0. The Kier molecular flexibility index (Phi) is 15.8. The van der Waals surface area contributed by atoms with Crippen LogP contribution in [0.25, 0.3) is 21.6 Å². The molecule has 19 heteroatoms. The number of esters is 1. The number of ether oxygens (including phenoxy) is 4. The predicted molar refractivity (Wildman–Crippen MR) is 182 cm³/mol. The molecule has 1 atom stereocenters. The number of carbonyl (C=O) groups is 3. The number of nitrogen functional groups attached to an aromatic ring is 1. The molecule has 2 aromatic heterocycles. The number of azide groups is 1. The van der Waals surface area contributed by atoms with Crippen molar-refractivity contribution < 1.29 is 33.3 Å². The van der Waals surface area contributed by atoms with Crippen LogP contribution in [0.1, 0.15) is 49.7 Å². The molecule has 3 aromatic rings. The lowest BCUT2D eigenvalue weighted by Gasteiger charge is -2.24. The molecule has 0 radical (unpaired) electrons. The molecule has 0 fully saturated rings. The van der Waals surface area contributed by atoms with E-state index in [1.54, 1.807) is 45.0 Å². The van der Waals surface area contributed by atoms with Crippen molar-refractivity contribution in [1.29, 1.82) is 0 Å². The smallest absolute Gasteiger partial charge is 0.329 e. The second kappa shape index (κ2) is 20.2. The largest absolute Gasteiger partial charge is 0.458 e. The van der Waals surface area contributed by atoms with Crippen LogP contribution in [0.5, 0.6) is 0 Å². The molecule has 19 nitrogen and oxygen atoms in total. The number of rotatable bonds is 21. The summed E-state index contributed by atoms with van der Waals surface area (Å²) in [4.78, 5) is 68.0. The molecular weight excluding hydrogens is 654 g/mol. The Morgan fingerprint density at radius 2 is 1.70 bits per heavy atom. The van der Waals surface area contributed by atoms with Gasteiger partial charge in [0.2, 0.25) is 11.9 Å². The number of aromatic amines is 1. The third-order valence-corrected chi connectivity index (χ3v) is 6.47. The van der Waals surface area contributed by atoms with Gasteiger partial charge in [0.25, 0.3) is 11.5 Å². The van der Waals surface area contributed by atoms with Crippen LogP contribution in [0.2, 0.25) is 0 Å². The van der Waals surface area contributed by atoms with Crippen molar-refractivity contribution in [3.63, 3.8) is 0 Å². The van der Waals surface area contributed by atoms with Crippen LogP contribution in [0.4, 0.5) is 11.6 Å². The highest BCUT2D eigenvalue weighted by Crippen LogP contribution is 2.14. The summed E-state index contributed by atoms with van der Waals surface area (Å²) in [5, 5.41) is 11.9. The zero-order valence-electron chi connectivity index (χ0n) is 28.3. The van der Waals surface area contributed by atoms with Crippen LogP contribution >= 0.6 is 0 Å². The summed E-state index contributed by atoms with van der Waals surface area (Å²) >= 11 is 0. The van der Waals surface area contributed by atoms with Crippen molar-refractivity contribution in [2.75, 3.05) is 63.8 Å². The molecule has 0 aliphatic carbocycles. The zero-order valence-corrected chi connectivity index (χ0v) is 28.3. The fourth-order valence-corrected chi connectivity index (χ4v) is 4.17. The molecule has 0 saturated heterocycles. The van der Waals surface area contributed by atoms with Gasteiger partial charge < -0.3 is 40.6 Å². The van der Waals surface area contributed by atoms with Crippen LogP contribution in [-0.4, -0.2) is 102 Å². The maximum absolute atomic E-state index is 13.1. The Morgan fingerprint density at radius 1 is 1.02 bits per heavy atom. The Labute approximate surface area is 287 Å². The summed E-state index contributed by atoms with van der Waals surface area (Å²) < 4.78 is 21.5. The molecule has 0 spiro atoms. The molecule has 270 valence electrons. The van der Waals surface area contributed by atoms with Gasteiger partial charge in [-0.25, -0.2) is 14.8 Å². The van der Waals surface area contributed by atoms with Crippen molar-refractivity contribution in [1.82, 2.24) is 30.6 Å². The number of amides is 2. The van der Waals surface area contributed by atoms with Crippen LogP contribution < -0.4 is 27.2 Å². The Hall–Kier alpha value is -5.36. The van der Waals surface area contributed by atoms with Crippen molar-refractivity contribution in [3.05, 3.63) is 62.5 Å². The van der Waals surface area contributed by atoms with Crippen molar-refractivity contribution in [3.8, 4) is 0 Å². The summed E-state index contributed by atoms with van der Waals surface area (Å²) in [5.41, 5.74) is 14.1. The number of nitrogens with zero attached hydrogens (tertiary/aromatic N) is 6. The van der Waals surface area contributed by atoms with E-state index in [9.17, 15) is 19.2 Å². The van der Waals surface area contributed by atoms with Crippen molar-refractivity contribution >= 4 is 40.6 Å². The first-order valence-corrected chi connectivity index (χ1v) is 15.8. The van der Waals surface area contributed by atoms with E-state index in [0.717, 1.165) is 0 Å². The van der Waals surface area contributed by atoms with Crippen LogP contribution in [-0.2, 0) is 35.1 Å². The van der Waals surface area contributed by atoms with Gasteiger partial charge in [-0.2, -0.15) is 4.98 Å². The standard InChI is InChI=1S/C31H43N11O8/c1-31(2,3)50-29(46)23(8-9-24(43)34-10-12-47-14-16-49-17-15-48-13-11-37-42-33)39-27(44)20-4-6-21(7-5-20)35-18-22-19-36-26-25(38-22)28(45)41-30(32)40-26/h4-7,19,23,35H,8-18H2,1-3H3,(H,34,43)(H,39,44)(H3,32,36,40,41,45)/t23-/m0/s1. The predicted octanol–water partition coefficient (Wildman–Crippen LogP) is 1.60. The first kappa shape index (κ1) is 39.1. The van der Waals surface area contributed by atoms with Gasteiger partial charge in [0.15, 0.2) is 11.2 Å². The van der Waals surface area contributed by atoms with E-state index >= 15 is 0 Å². The molecule has 50 heavy (non-hydrogen) atoms. The van der Waals surface area contributed by atoms with Crippen LogP contribution in [0, 0.1) is 0 Å². The second-order valence-electron chi connectivity index (χ2n) is 11.7. The third-order valence-electron chi connectivity index (χ3n) is 6.47. The van der Waals surface area contributed by atoms with Crippen LogP contribution in [0.3, 0.4) is 0 Å². The number of anilines is 2. The van der Waals surface area contributed by atoms with Gasteiger partial charge >= 0.3 is 5.97 Å². The highest BCUT2D eigenvalue weighted by molar-refractivity contribution is 5.97. The number of benzene rings is 1. The maximum atomic E-state index is 13.1. The Bertz CT molecular complexity index is 1670. The minimum Gasteiger partial charge on any atom is -0.458 e. The minimum atomic E-state index is -1.07. The Balaban J connectivity index is 1.42. The van der Waals surface area contributed by atoms with E-state index in [2.05, 4.69) is 45.9 Å². The van der Waals surface area contributed by atoms with Gasteiger partial charge in [-0.1, -0.05) is 5.11 Å². The molecule has 3 rings (SSSR count). The fraction of sp³-hybridized carbons (Fsp3) is 0.516. The van der Waals surface area contributed by atoms with Gasteiger partial charge in [-0.3, -0.25) is 19.4 Å². The summed E-state index contributed by atoms with van der Waals surface area (Å²) in [5.74, 6) is -1.54.